The number of aromatic nitrogens is 2. The van der Waals surface area contributed by atoms with E-state index in [1.165, 1.54) is 0 Å². The quantitative estimate of drug-likeness (QED) is 0.128. The standard InChI is InChI=1S/C27H23N3O2S/c1-17-23(19-11-5-7-13-21(19)29-17)25(31)27(32)28-15-16-33-26-20-12-6-8-14-22(20)30-24(26)18-9-3-2-4-10-18/h2-14,29-30H,15-16H2,1H3,(H,28,32). The molecule has 3 N–H and O–H groups in total. The van der Waals surface area contributed by atoms with Gasteiger partial charge in [-0.3, -0.25) is 9.59 Å². The third-order valence-electron chi connectivity index (χ3n) is 5.68. The number of carbonyl (C=O) groups excluding carboxylic acids is 2. The van der Waals surface area contributed by atoms with Gasteiger partial charge in [0.2, 0.25) is 0 Å². The molecule has 0 saturated heterocycles. The van der Waals surface area contributed by atoms with Crippen LogP contribution < -0.4 is 5.32 Å². The number of amides is 1. The number of para-hydroxylation sites is 2. The Morgan fingerprint density at radius 2 is 1.45 bits per heavy atom. The van der Waals surface area contributed by atoms with Crippen LogP contribution in [0.15, 0.2) is 83.8 Å². The SMILES string of the molecule is Cc1[nH]c2ccccc2c1C(=O)C(=O)NCCSc1c(-c2ccccc2)[nH]c2ccccc12. The average Bonchev–Trinajstić information content (AvgIpc) is 3.38. The summed E-state index contributed by atoms with van der Waals surface area (Å²) >= 11 is 1.67. The molecule has 0 aliphatic carbocycles. The van der Waals surface area contributed by atoms with Crippen LogP contribution in [0, 0.1) is 6.92 Å². The molecule has 0 bridgehead atoms. The highest BCUT2D eigenvalue weighted by Crippen LogP contribution is 2.37. The van der Waals surface area contributed by atoms with Crippen molar-refractivity contribution in [2.45, 2.75) is 11.8 Å². The molecule has 5 rings (SSSR count). The Balaban J connectivity index is 1.29. The van der Waals surface area contributed by atoms with Crippen LogP contribution in [-0.4, -0.2) is 34.0 Å². The number of ketones is 1. The Morgan fingerprint density at radius 1 is 0.818 bits per heavy atom. The summed E-state index contributed by atoms with van der Waals surface area (Å²) < 4.78 is 0. The zero-order valence-electron chi connectivity index (χ0n) is 18.1. The molecule has 0 fully saturated rings. The largest absolute Gasteiger partial charge is 0.358 e. The lowest BCUT2D eigenvalue weighted by Crippen LogP contribution is -2.32. The van der Waals surface area contributed by atoms with Crippen molar-refractivity contribution in [3.63, 3.8) is 0 Å². The van der Waals surface area contributed by atoms with Crippen molar-refractivity contribution in [3.05, 3.63) is 90.1 Å². The van der Waals surface area contributed by atoms with E-state index >= 15 is 0 Å². The van der Waals surface area contributed by atoms with E-state index in [0.29, 0.717) is 23.6 Å². The first-order valence-corrected chi connectivity index (χ1v) is 11.8. The molecule has 0 unspecified atom stereocenters. The van der Waals surface area contributed by atoms with Crippen LogP contribution >= 0.6 is 11.8 Å². The first-order chi connectivity index (χ1) is 16.1. The van der Waals surface area contributed by atoms with Crippen LogP contribution in [0.25, 0.3) is 33.1 Å². The molecule has 0 saturated carbocycles. The number of Topliss-reactive ketones (excluding diaryl/α,β-unsaturated/α-hetero) is 1. The number of nitrogens with one attached hydrogen (secondary N) is 3. The zero-order valence-corrected chi connectivity index (χ0v) is 19.0. The minimum Gasteiger partial charge on any atom is -0.358 e. The number of fused-ring (bicyclic) bond motifs is 2. The number of hydrogen-bond donors (Lipinski definition) is 3. The Labute approximate surface area is 195 Å². The predicted octanol–water partition coefficient (Wildman–Crippen LogP) is 5.72. The van der Waals surface area contributed by atoms with Crippen molar-refractivity contribution in [2.75, 3.05) is 12.3 Å². The van der Waals surface area contributed by atoms with Crippen LogP contribution in [0.4, 0.5) is 0 Å². The van der Waals surface area contributed by atoms with E-state index in [-0.39, 0.29) is 0 Å². The van der Waals surface area contributed by atoms with E-state index in [1.807, 2.05) is 61.5 Å². The van der Waals surface area contributed by atoms with Crippen molar-refractivity contribution in [1.29, 1.82) is 0 Å². The molecule has 1 amide bonds. The van der Waals surface area contributed by atoms with Crippen LogP contribution in [0.1, 0.15) is 16.1 Å². The van der Waals surface area contributed by atoms with Crippen molar-refractivity contribution in [2.24, 2.45) is 0 Å². The van der Waals surface area contributed by atoms with Crippen molar-refractivity contribution >= 4 is 45.3 Å². The summed E-state index contributed by atoms with van der Waals surface area (Å²) in [7, 11) is 0. The van der Waals surface area contributed by atoms with Crippen LogP contribution in [0.2, 0.25) is 0 Å². The zero-order chi connectivity index (χ0) is 22.8. The normalized spacial score (nSPS) is 11.2. The first kappa shape index (κ1) is 21.1. The topological polar surface area (TPSA) is 77.8 Å². The molecule has 3 aromatic carbocycles. The average molecular weight is 454 g/mol. The molecule has 164 valence electrons. The third kappa shape index (κ3) is 4.05. The number of rotatable bonds is 7. The van der Waals surface area contributed by atoms with Crippen LogP contribution in [0.3, 0.4) is 0 Å². The molecule has 0 aliphatic rings. The summed E-state index contributed by atoms with van der Waals surface area (Å²) in [4.78, 5) is 33.3. The molecule has 0 atom stereocenters. The second-order valence-corrected chi connectivity index (χ2v) is 8.95. The van der Waals surface area contributed by atoms with Gasteiger partial charge in [0.1, 0.15) is 0 Å². The smallest absolute Gasteiger partial charge is 0.292 e. The van der Waals surface area contributed by atoms with Gasteiger partial charge in [-0.2, -0.15) is 0 Å². The number of H-pyrrole nitrogens is 2. The number of aryl methyl sites for hydroxylation is 1. The summed E-state index contributed by atoms with van der Waals surface area (Å²) in [5, 5.41) is 4.72. The van der Waals surface area contributed by atoms with E-state index < -0.39 is 11.7 Å². The fourth-order valence-corrected chi connectivity index (χ4v) is 5.21. The first-order valence-electron chi connectivity index (χ1n) is 10.8. The Morgan fingerprint density at radius 3 is 2.21 bits per heavy atom. The Bertz CT molecular complexity index is 1470. The number of thioether (sulfide) groups is 1. The molecule has 2 heterocycles. The van der Waals surface area contributed by atoms with E-state index in [1.54, 1.807) is 11.8 Å². The van der Waals surface area contributed by atoms with E-state index in [9.17, 15) is 9.59 Å². The molecular weight excluding hydrogens is 430 g/mol. The third-order valence-corrected chi connectivity index (χ3v) is 6.80. The Kier molecular flexibility index (Phi) is 5.75. The highest BCUT2D eigenvalue weighted by atomic mass is 32.2. The molecule has 0 radical (unpaired) electrons. The van der Waals surface area contributed by atoms with Gasteiger partial charge in [0, 0.05) is 44.7 Å². The molecule has 33 heavy (non-hydrogen) atoms. The molecule has 0 spiro atoms. The lowest BCUT2D eigenvalue weighted by molar-refractivity contribution is -0.116. The van der Waals surface area contributed by atoms with Gasteiger partial charge in [-0.15, -0.1) is 11.8 Å². The molecular formula is C27H23N3O2S. The van der Waals surface area contributed by atoms with Crippen molar-refractivity contribution < 1.29 is 9.59 Å². The van der Waals surface area contributed by atoms with Gasteiger partial charge in [-0.05, 0) is 24.6 Å². The second-order valence-electron chi connectivity index (χ2n) is 7.84. The summed E-state index contributed by atoms with van der Waals surface area (Å²) in [6.07, 6.45) is 0. The minimum atomic E-state index is -0.578. The Hall–Kier alpha value is -3.77. The molecule has 5 nitrogen and oxygen atoms in total. The lowest BCUT2D eigenvalue weighted by Gasteiger charge is -2.07. The fourth-order valence-electron chi connectivity index (χ4n) is 4.15. The number of aromatic amines is 2. The van der Waals surface area contributed by atoms with Crippen molar-refractivity contribution in [3.8, 4) is 11.3 Å². The van der Waals surface area contributed by atoms with Gasteiger partial charge < -0.3 is 15.3 Å². The van der Waals surface area contributed by atoms with Gasteiger partial charge in [0.15, 0.2) is 0 Å². The van der Waals surface area contributed by atoms with Gasteiger partial charge in [-0.25, -0.2) is 0 Å². The number of benzene rings is 3. The maximum absolute atomic E-state index is 12.8. The summed E-state index contributed by atoms with van der Waals surface area (Å²) in [5.41, 5.74) is 5.27. The van der Waals surface area contributed by atoms with Gasteiger partial charge >= 0.3 is 0 Å². The van der Waals surface area contributed by atoms with Crippen LogP contribution in [0.5, 0.6) is 0 Å². The van der Waals surface area contributed by atoms with Crippen LogP contribution in [-0.2, 0) is 4.79 Å². The predicted molar refractivity (Wildman–Crippen MR) is 135 cm³/mol. The molecule has 0 aliphatic heterocycles. The number of hydrogen-bond acceptors (Lipinski definition) is 3. The van der Waals surface area contributed by atoms with E-state index in [4.69, 9.17) is 0 Å². The lowest BCUT2D eigenvalue weighted by atomic mass is 10.1. The molecule has 6 heteroatoms. The monoisotopic (exact) mass is 453 g/mol. The maximum Gasteiger partial charge on any atom is 0.292 e. The van der Waals surface area contributed by atoms with E-state index in [2.05, 4.69) is 39.6 Å². The van der Waals surface area contributed by atoms with Crippen molar-refractivity contribution in [1.82, 2.24) is 15.3 Å². The summed E-state index contributed by atoms with van der Waals surface area (Å²) in [6, 6.07) is 25.9. The summed E-state index contributed by atoms with van der Waals surface area (Å²) in [6.45, 7) is 2.21. The highest BCUT2D eigenvalue weighted by molar-refractivity contribution is 7.99. The fraction of sp³-hybridized carbons (Fsp3) is 0.111. The van der Waals surface area contributed by atoms with Gasteiger partial charge in [-0.1, -0.05) is 66.7 Å². The van der Waals surface area contributed by atoms with E-state index in [0.717, 1.165) is 38.0 Å². The highest BCUT2D eigenvalue weighted by Gasteiger charge is 2.22. The molecule has 2 aromatic heterocycles. The maximum atomic E-state index is 12.8. The second kappa shape index (κ2) is 9.00. The minimum absolute atomic E-state index is 0.393. The number of carbonyl (C=O) groups is 2. The molecule has 5 aromatic rings. The summed E-state index contributed by atoms with van der Waals surface area (Å²) in [5.74, 6) is -0.439. The van der Waals surface area contributed by atoms with Gasteiger partial charge in [0.25, 0.3) is 11.7 Å². The van der Waals surface area contributed by atoms with Gasteiger partial charge in [0.05, 0.1) is 11.3 Å².